The molecule has 27 heavy (non-hydrogen) atoms. The summed E-state index contributed by atoms with van der Waals surface area (Å²) in [7, 11) is 6.94. The first-order chi connectivity index (χ1) is 12.4. The van der Waals surface area contributed by atoms with E-state index in [4.69, 9.17) is 9.47 Å². The molecule has 7 nitrogen and oxygen atoms in total. The third kappa shape index (κ3) is 8.68. The quantitative estimate of drug-likeness (QED) is 0.315. The van der Waals surface area contributed by atoms with E-state index in [1.54, 1.807) is 21.3 Å². The lowest BCUT2D eigenvalue weighted by Gasteiger charge is -2.23. The van der Waals surface area contributed by atoms with Crippen molar-refractivity contribution in [2.24, 2.45) is 4.99 Å². The minimum Gasteiger partial charge on any atom is -0.497 e. The van der Waals surface area contributed by atoms with Gasteiger partial charge in [-0.2, -0.15) is 0 Å². The summed E-state index contributed by atoms with van der Waals surface area (Å²) < 4.78 is 10.7. The first-order valence-electron chi connectivity index (χ1n) is 8.87. The Labute approximate surface area is 179 Å². The number of hydrogen-bond donors (Lipinski definition) is 2. The molecule has 8 heteroatoms. The van der Waals surface area contributed by atoms with Crippen LogP contribution in [0.3, 0.4) is 0 Å². The van der Waals surface area contributed by atoms with Crippen LogP contribution in [-0.2, 0) is 11.3 Å². The molecule has 1 aromatic rings. The average molecular weight is 492 g/mol. The van der Waals surface area contributed by atoms with Gasteiger partial charge < -0.3 is 25.0 Å². The maximum Gasteiger partial charge on any atom is 0.221 e. The van der Waals surface area contributed by atoms with Crippen molar-refractivity contribution < 1.29 is 14.3 Å². The lowest BCUT2D eigenvalue weighted by Crippen LogP contribution is -2.41. The highest BCUT2D eigenvalue weighted by atomic mass is 127. The predicted octanol–water partition coefficient (Wildman–Crippen LogP) is 2.63. The van der Waals surface area contributed by atoms with Crippen molar-refractivity contribution in [2.75, 3.05) is 34.9 Å². The Hall–Kier alpha value is -1.71. The van der Waals surface area contributed by atoms with E-state index in [9.17, 15) is 4.79 Å². The first kappa shape index (κ1) is 25.3. The maximum absolute atomic E-state index is 11.9. The van der Waals surface area contributed by atoms with Crippen molar-refractivity contribution in [2.45, 2.75) is 39.3 Å². The van der Waals surface area contributed by atoms with E-state index in [-0.39, 0.29) is 35.9 Å². The van der Waals surface area contributed by atoms with Gasteiger partial charge in [0.15, 0.2) is 5.96 Å². The molecular formula is C19H33IN4O3. The number of rotatable bonds is 9. The molecule has 0 aliphatic heterocycles. The molecule has 2 N–H and O–H groups in total. The van der Waals surface area contributed by atoms with Gasteiger partial charge in [-0.25, -0.2) is 0 Å². The maximum atomic E-state index is 11.9. The number of nitrogens with one attached hydrogen (secondary N) is 2. The molecule has 0 saturated heterocycles. The van der Waals surface area contributed by atoms with Crippen molar-refractivity contribution in [1.29, 1.82) is 0 Å². The minimum absolute atomic E-state index is 0. The molecule has 154 valence electrons. The number of methoxy groups -OCH3 is 2. The summed E-state index contributed by atoms with van der Waals surface area (Å²) in [5, 5.41) is 6.18. The third-order valence-corrected chi connectivity index (χ3v) is 4.13. The second kappa shape index (κ2) is 13.5. The fraction of sp³-hybridized carbons (Fsp3) is 0.579. The van der Waals surface area contributed by atoms with Crippen LogP contribution in [0.5, 0.6) is 11.5 Å². The number of halogens is 1. The molecule has 1 amide bonds. The largest absolute Gasteiger partial charge is 0.497 e. The molecule has 0 aromatic heterocycles. The Morgan fingerprint density at radius 2 is 2.00 bits per heavy atom. The molecule has 0 aliphatic carbocycles. The Morgan fingerprint density at radius 1 is 1.30 bits per heavy atom. The molecule has 1 unspecified atom stereocenters. The second-order valence-corrected chi connectivity index (χ2v) is 6.13. The van der Waals surface area contributed by atoms with Crippen LogP contribution in [0, 0.1) is 0 Å². The number of aliphatic imine (C=N–C) groups is 1. The highest BCUT2D eigenvalue weighted by Crippen LogP contribution is 2.25. The Kier molecular flexibility index (Phi) is 12.6. The highest BCUT2D eigenvalue weighted by molar-refractivity contribution is 14.0. The highest BCUT2D eigenvalue weighted by Gasteiger charge is 2.12. The minimum atomic E-state index is 0. The standard InChI is InChI=1S/C19H32N4O3.HI/c1-7-14(2)22-18(24)10-11-21-19(20-3)23(4)13-15-8-9-16(25-5)12-17(15)26-6;/h8-9,12,14H,7,10-11,13H2,1-6H3,(H,20,21)(H,22,24);1H. The average Bonchev–Trinajstić information content (AvgIpc) is 2.65. The Morgan fingerprint density at radius 3 is 2.56 bits per heavy atom. The lowest BCUT2D eigenvalue weighted by molar-refractivity contribution is -0.121. The summed E-state index contributed by atoms with van der Waals surface area (Å²) >= 11 is 0. The van der Waals surface area contributed by atoms with Crippen LogP contribution in [0.15, 0.2) is 23.2 Å². The molecule has 0 spiro atoms. The zero-order valence-electron chi connectivity index (χ0n) is 17.2. The van der Waals surface area contributed by atoms with E-state index >= 15 is 0 Å². The van der Waals surface area contributed by atoms with Crippen LogP contribution in [0.25, 0.3) is 0 Å². The molecule has 0 bridgehead atoms. The summed E-state index contributed by atoms with van der Waals surface area (Å²) in [5.41, 5.74) is 1.02. The molecule has 0 saturated carbocycles. The van der Waals surface area contributed by atoms with Crippen molar-refractivity contribution in [3.63, 3.8) is 0 Å². The molecule has 0 fully saturated rings. The number of carbonyl (C=O) groups excluding carboxylic acids is 1. The van der Waals surface area contributed by atoms with Gasteiger partial charge in [-0.3, -0.25) is 9.79 Å². The van der Waals surface area contributed by atoms with Crippen molar-refractivity contribution in [3.8, 4) is 11.5 Å². The summed E-state index contributed by atoms with van der Waals surface area (Å²) in [6.07, 6.45) is 1.33. The van der Waals surface area contributed by atoms with Crippen molar-refractivity contribution in [3.05, 3.63) is 23.8 Å². The van der Waals surface area contributed by atoms with Crippen LogP contribution in [0.1, 0.15) is 32.3 Å². The lowest BCUT2D eigenvalue weighted by atomic mass is 10.2. The van der Waals surface area contributed by atoms with E-state index < -0.39 is 0 Å². The molecular weight excluding hydrogens is 459 g/mol. The summed E-state index contributed by atoms with van der Waals surface area (Å²) in [6.45, 7) is 5.19. The van der Waals surface area contributed by atoms with Gasteiger partial charge in [0, 0.05) is 51.3 Å². The number of guanidine groups is 1. The van der Waals surface area contributed by atoms with Crippen LogP contribution in [0.4, 0.5) is 0 Å². The zero-order chi connectivity index (χ0) is 19.5. The summed E-state index contributed by atoms with van der Waals surface area (Å²) in [5.74, 6) is 2.28. The number of carbonyl (C=O) groups is 1. The molecule has 1 atom stereocenters. The second-order valence-electron chi connectivity index (χ2n) is 6.13. The van der Waals surface area contributed by atoms with Gasteiger partial charge in [-0.05, 0) is 25.5 Å². The molecule has 0 radical (unpaired) electrons. The predicted molar refractivity (Wildman–Crippen MR) is 120 cm³/mol. The number of nitrogens with zero attached hydrogens (tertiary/aromatic N) is 2. The number of hydrogen-bond acceptors (Lipinski definition) is 4. The summed E-state index contributed by atoms with van der Waals surface area (Å²) in [6, 6.07) is 5.94. The van der Waals surface area contributed by atoms with Gasteiger partial charge in [0.05, 0.1) is 14.2 Å². The molecule has 0 heterocycles. The van der Waals surface area contributed by atoms with Gasteiger partial charge in [0.1, 0.15) is 11.5 Å². The number of ether oxygens (including phenoxy) is 2. The van der Waals surface area contributed by atoms with Crippen LogP contribution < -0.4 is 20.1 Å². The smallest absolute Gasteiger partial charge is 0.221 e. The number of amides is 1. The van der Waals surface area contributed by atoms with E-state index in [1.165, 1.54) is 0 Å². The van der Waals surface area contributed by atoms with Gasteiger partial charge >= 0.3 is 0 Å². The molecule has 1 rings (SSSR count). The topological polar surface area (TPSA) is 75.2 Å². The van der Waals surface area contributed by atoms with Gasteiger partial charge in [-0.15, -0.1) is 24.0 Å². The fourth-order valence-electron chi connectivity index (χ4n) is 2.43. The fourth-order valence-corrected chi connectivity index (χ4v) is 2.43. The van der Waals surface area contributed by atoms with Crippen LogP contribution in [0.2, 0.25) is 0 Å². The normalized spacial score (nSPS) is 11.9. The van der Waals surface area contributed by atoms with Crippen LogP contribution in [-0.4, -0.2) is 57.7 Å². The van der Waals surface area contributed by atoms with E-state index in [0.29, 0.717) is 19.5 Å². The number of benzene rings is 1. The third-order valence-electron chi connectivity index (χ3n) is 4.13. The van der Waals surface area contributed by atoms with E-state index in [2.05, 4.69) is 15.6 Å². The van der Waals surface area contributed by atoms with Gasteiger partial charge in [0.25, 0.3) is 0 Å². The molecule has 0 aliphatic rings. The Balaban J connectivity index is 0.00000676. The van der Waals surface area contributed by atoms with Crippen molar-refractivity contribution in [1.82, 2.24) is 15.5 Å². The monoisotopic (exact) mass is 492 g/mol. The SMILES string of the molecule is CCC(C)NC(=O)CCNC(=NC)N(C)Cc1ccc(OC)cc1OC.I. The molecule has 1 aromatic carbocycles. The van der Waals surface area contributed by atoms with Gasteiger partial charge in [-0.1, -0.05) is 6.92 Å². The zero-order valence-corrected chi connectivity index (χ0v) is 19.5. The van der Waals surface area contributed by atoms with Crippen molar-refractivity contribution >= 4 is 35.8 Å². The van der Waals surface area contributed by atoms with E-state index in [1.807, 2.05) is 44.0 Å². The van der Waals surface area contributed by atoms with Gasteiger partial charge in [0.2, 0.25) is 5.91 Å². The summed E-state index contributed by atoms with van der Waals surface area (Å²) in [4.78, 5) is 18.1. The van der Waals surface area contributed by atoms with Crippen LogP contribution >= 0.6 is 24.0 Å². The Bertz CT molecular complexity index is 611. The van der Waals surface area contributed by atoms with E-state index in [0.717, 1.165) is 29.4 Å². The first-order valence-corrected chi connectivity index (χ1v) is 8.87.